The van der Waals surface area contributed by atoms with Gasteiger partial charge >= 0.3 is 5.97 Å². The third-order valence-corrected chi connectivity index (χ3v) is 2.14. The van der Waals surface area contributed by atoms with E-state index in [-0.39, 0.29) is 12.2 Å². The van der Waals surface area contributed by atoms with Crippen LogP contribution < -0.4 is 4.74 Å². The summed E-state index contributed by atoms with van der Waals surface area (Å²) in [6.07, 6.45) is -0.814. The van der Waals surface area contributed by atoms with E-state index in [1.807, 2.05) is 6.92 Å². The molecule has 1 unspecified atom stereocenters. The molecule has 0 bridgehead atoms. The van der Waals surface area contributed by atoms with Crippen molar-refractivity contribution in [1.29, 1.82) is 0 Å². The van der Waals surface area contributed by atoms with Crippen LogP contribution in [0.2, 0.25) is 0 Å². The normalized spacial score (nSPS) is 11.9. The molecule has 0 aromatic heterocycles. The standard InChI is InChI=1S/C13H17FO3/c1-3-9-17-11-7-5-10(6-8-11)12(14)13(15)16-4-2/h5-8,12H,3-4,9H2,1-2H3. The Morgan fingerprint density at radius 1 is 1.29 bits per heavy atom. The van der Waals surface area contributed by atoms with Crippen LogP contribution in [0.15, 0.2) is 24.3 Å². The number of hydrogen-bond acceptors (Lipinski definition) is 3. The predicted molar refractivity (Wildman–Crippen MR) is 62.7 cm³/mol. The summed E-state index contributed by atoms with van der Waals surface area (Å²) in [4.78, 5) is 11.2. The van der Waals surface area contributed by atoms with E-state index in [1.54, 1.807) is 19.1 Å². The van der Waals surface area contributed by atoms with Gasteiger partial charge in [-0.2, -0.15) is 0 Å². The second-order valence-corrected chi connectivity index (χ2v) is 3.53. The van der Waals surface area contributed by atoms with Gasteiger partial charge in [0.05, 0.1) is 13.2 Å². The van der Waals surface area contributed by atoms with Gasteiger partial charge in [-0.25, -0.2) is 9.18 Å². The molecule has 1 atom stereocenters. The van der Waals surface area contributed by atoms with E-state index in [2.05, 4.69) is 4.74 Å². The fourth-order valence-electron chi connectivity index (χ4n) is 1.30. The molecule has 4 heteroatoms. The first-order valence-electron chi connectivity index (χ1n) is 5.72. The van der Waals surface area contributed by atoms with Gasteiger partial charge in [-0.3, -0.25) is 0 Å². The topological polar surface area (TPSA) is 35.5 Å². The van der Waals surface area contributed by atoms with Crippen LogP contribution in [-0.2, 0) is 9.53 Å². The number of carbonyl (C=O) groups excluding carboxylic acids is 1. The van der Waals surface area contributed by atoms with Crippen molar-refractivity contribution in [2.45, 2.75) is 26.4 Å². The molecule has 0 aliphatic carbocycles. The lowest BCUT2D eigenvalue weighted by molar-refractivity contribution is -0.149. The molecule has 0 fully saturated rings. The van der Waals surface area contributed by atoms with Gasteiger partial charge in [0.15, 0.2) is 0 Å². The minimum Gasteiger partial charge on any atom is -0.494 e. The van der Waals surface area contributed by atoms with E-state index in [0.29, 0.717) is 12.4 Å². The van der Waals surface area contributed by atoms with Crippen LogP contribution in [0.1, 0.15) is 32.0 Å². The van der Waals surface area contributed by atoms with Gasteiger partial charge in [-0.05, 0) is 31.0 Å². The van der Waals surface area contributed by atoms with E-state index in [0.717, 1.165) is 6.42 Å². The number of rotatable bonds is 6. The number of ether oxygens (including phenoxy) is 2. The van der Waals surface area contributed by atoms with Gasteiger partial charge in [0.2, 0.25) is 6.17 Å². The molecule has 1 aromatic rings. The molecule has 94 valence electrons. The second kappa shape index (κ2) is 6.89. The van der Waals surface area contributed by atoms with Crippen LogP contribution in [0.4, 0.5) is 4.39 Å². The third-order valence-electron chi connectivity index (χ3n) is 2.14. The number of benzene rings is 1. The maximum absolute atomic E-state index is 13.6. The quantitative estimate of drug-likeness (QED) is 0.717. The Balaban J connectivity index is 2.63. The molecule has 0 aliphatic heterocycles. The van der Waals surface area contributed by atoms with Crippen molar-refractivity contribution in [3.8, 4) is 5.75 Å². The van der Waals surface area contributed by atoms with Gasteiger partial charge in [0.1, 0.15) is 5.75 Å². The zero-order valence-corrected chi connectivity index (χ0v) is 10.1. The molecule has 0 amide bonds. The maximum Gasteiger partial charge on any atom is 0.345 e. The number of esters is 1. The zero-order chi connectivity index (χ0) is 12.7. The number of alkyl halides is 1. The van der Waals surface area contributed by atoms with Gasteiger partial charge in [-0.1, -0.05) is 19.1 Å². The molecule has 0 N–H and O–H groups in total. The predicted octanol–water partition coefficient (Wildman–Crippen LogP) is 3.05. The first-order chi connectivity index (χ1) is 8.19. The maximum atomic E-state index is 13.6. The Bertz CT molecular complexity index is 348. The number of carbonyl (C=O) groups is 1. The molecule has 0 radical (unpaired) electrons. The Labute approximate surface area is 101 Å². The summed E-state index contributed by atoms with van der Waals surface area (Å²) < 4.78 is 23.6. The molecule has 3 nitrogen and oxygen atoms in total. The van der Waals surface area contributed by atoms with E-state index in [1.165, 1.54) is 12.1 Å². The Hall–Kier alpha value is -1.58. The minimum atomic E-state index is -1.73. The molecule has 0 saturated carbocycles. The molecule has 0 heterocycles. The molecular formula is C13H17FO3. The number of hydrogen-bond donors (Lipinski definition) is 0. The van der Waals surface area contributed by atoms with Crippen molar-refractivity contribution >= 4 is 5.97 Å². The largest absolute Gasteiger partial charge is 0.494 e. The summed E-state index contributed by atoms with van der Waals surface area (Å²) in [5.74, 6) is -0.179. The fourth-order valence-corrected chi connectivity index (χ4v) is 1.30. The summed E-state index contributed by atoms with van der Waals surface area (Å²) in [5.41, 5.74) is 0.285. The SMILES string of the molecule is CCCOc1ccc(C(F)C(=O)OCC)cc1. The molecule has 17 heavy (non-hydrogen) atoms. The van der Waals surface area contributed by atoms with Crippen molar-refractivity contribution in [3.63, 3.8) is 0 Å². The van der Waals surface area contributed by atoms with Gasteiger partial charge in [-0.15, -0.1) is 0 Å². The van der Waals surface area contributed by atoms with Crippen molar-refractivity contribution in [2.24, 2.45) is 0 Å². The summed E-state index contributed by atoms with van der Waals surface area (Å²) in [6.45, 7) is 4.45. The van der Waals surface area contributed by atoms with E-state index in [9.17, 15) is 9.18 Å². The van der Waals surface area contributed by atoms with Gasteiger partial charge in [0, 0.05) is 0 Å². The van der Waals surface area contributed by atoms with Crippen LogP contribution >= 0.6 is 0 Å². The van der Waals surface area contributed by atoms with Crippen LogP contribution in [0.5, 0.6) is 5.75 Å². The highest BCUT2D eigenvalue weighted by atomic mass is 19.1. The average molecular weight is 240 g/mol. The van der Waals surface area contributed by atoms with Crippen LogP contribution in [0.3, 0.4) is 0 Å². The highest BCUT2D eigenvalue weighted by Crippen LogP contribution is 2.22. The molecule has 0 saturated heterocycles. The Morgan fingerprint density at radius 2 is 1.94 bits per heavy atom. The number of halogens is 1. The molecule has 1 aromatic carbocycles. The molecule has 1 rings (SSSR count). The lowest BCUT2D eigenvalue weighted by atomic mass is 10.1. The first kappa shape index (κ1) is 13.5. The summed E-state index contributed by atoms with van der Waals surface area (Å²) in [7, 11) is 0. The van der Waals surface area contributed by atoms with Crippen molar-refractivity contribution in [1.82, 2.24) is 0 Å². The lowest BCUT2D eigenvalue weighted by Crippen LogP contribution is -2.11. The van der Waals surface area contributed by atoms with E-state index in [4.69, 9.17) is 4.74 Å². The fraction of sp³-hybridized carbons (Fsp3) is 0.462. The monoisotopic (exact) mass is 240 g/mol. The lowest BCUT2D eigenvalue weighted by Gasteiger charge is -2.09. The molecule has 0 spiro atoms. The van der Waals surface area contributed by atoms with E-state index >= 15 is 0 Å². The van der Waals surface area contributed by atoms with Crippen LogP contribution in [0, 0.1) is 0 Å². The van der Waals surface area contributed by atoms with Crippen molar-refractivity contribution in [3.05, 3.63) is 29.8 Å². The van der Waals surface area contributed by atoms with Crippen LogP contribution in [-0.4, -0.2) is 19.2 Å². The smallest absolute Gasteiger partial charge is 0.345 e. The highest BCUT2D eigenvalue weighted by Gasteiger charge is 2.20. The van der Waals surface area contributed by atoms with Crippen molar-refractivity contribution < 1.29 is 18.7 Å². The van der Waals surface area contributed by atoms with E-state index < -0.39 is 12.1 Å². The zero-order valence-electron chi connectivity index (χ0n) is 10.1. The Morgan fingerprint density at radius 3 is 2.47 bits per heavy atom. The summed E-state index contributed by atoms with van der Waals surface area (Å²) >= 11 is 0. The minimum absolute atomic E-state index is 0.178. The second-order valence-electron chi connectivity index (χ2n) is 3.53. The average Bonchev–Trinajstić information content (AvgIpc) is 2.36. The Kier molecular flexibility index (Phi) is 5.46. The highest BCUT2D eigenvalue weighted by molar-refractivity contribution is 5.76. The van der Waals surface area contributed by atoms with Gasteiger partial charge < -0.3 is 9.47 Å². The van der Waals surface area contributed by atoms with Gasteiger partial charge in [0.25, 0.3) is 0 Å². The molecular weight excluding hydrogens is 223 g/mol. The van der Waals surface area contributed by atoms with Crippen molar-refractivity contribution in [2.75, 3.05) is 13.2 Å². The van der Waals surface area contributed by atoms with Crippen LogP contribution in [0.25, 0.3) is 0 Å². The first-order valence-corrected chi connectivity index (χ1v) is 5.72. The third kappa shape index (κ3) is 4.06. The summed E-state index contributed by atoms with van der Waals surface area (Å²) in [5, 5.41) is 0. The summed E-state index contributed by atoms with van der Waals surface area (Å²) in [6, 6.07) is 6.37. The molecule has 0 aliphatic rings.